The SMILES string of the molecule is C=C(C)c1ccc(N(C=O)CCCN2CCN(c3ccc(F)cc3)CC2)c(OC)c1.Cl.Cl. The van der Waals surface area contributed by atoms with Crippen LogP contribution in [0.3, 0.4) is 0 Å². The van der Waals surface area contributed by atoms with Gasteiger partial charge in [0.05, 0.1) is 12.8 Å². The highest BCUT2D eigenvalue weighted by Gasteiger charge is 2.18. The lowest BCUT2D eigenvalue weighted by Gasteiger charge is -2.36. The van der Waals surface area contributed by atoms with Crippen LogP contribution in [-0.4, -0.2) is 57.7 Å². The van der Waals surface area contributed by atoms with Gasteiger partial charge in [0.15, 0.2) is 0 Å². The average Bonchev–Trinajstić information content (AvgIpc) is 2.77. The summed E-state index contributed by atoms with van der Waals surface area (Å²) in [6.07, 6.45) is 1.74. The van der Waals surface area contributed by atoms with Crippen molar-refractivity contribution in [2.24, 2.45) is 0 Å². The van der Waals surface area contributed by atoms with Crippen molar-refractivity contribution in [1.29, 1.82) is 0 Å². The van der Waals surface area contributed by atoms with Gasteiger partial charge in [-0.05, 0) is 61.9 Å². The van der Waals surface area contributed by atoms with E-state index in [1.54, 1.807) is 12.0 Å². The third-order valence-corrected chi connectivity index (χ3v) is 5.55. The lowest BCUT2D eigenvalue weighted by atomic mass is 10.1. The van der Waals surface area contributed by atoms with Gasteiger partial charge in [-0.25, -0.2) is 4.39 Å². The molecule has 32 heavy (non-hydrogen) atoms. The number of piperazine rings is 1. The number of rotatable bonds is 9. The van der Waals surface area contributed by atoms with Crippen LogP contribution in [0.15, 0.2) is 49.0 Å². The Labute approximate surface area is 202 Å². The zero-order valence-corrected chi connectivity index (χ0v) is 20.3. The van der Waals surface area contributed by atoms with E-state index in [9.17, 15) is 9.18 Å². The number of allylic oxidation sites excluding steroid dienone is 1. The molecule has 1 aliphatic heterocycles. The minimum absolute atomic E-state index is 0. The predicted molar refractivity (Wildman–Crippen MR) is 135 cm³/mol. The molecular weight excluding hydrogens is 452 g/mol. The van der Waals surface area contributed by atoms with Gasteiger partial charge in [-0.3, -0.25) is 9.69 Å². The standard InChI is InChI=1S/C24H30FN3O2.2ClH/c1-19(2)20-5-10-23(24(17-20)30-3)28(18-29)12-4-11-26-13-15-27(16-14-26)22-8-6-21(25)7-9-22;;/h5-10,17-18H,1,4,11-16H2,2-3H3;2*1H. The normalized spacial score (nSPS) is 13.5. The fraction of sp³-hybridized carbons (Fsp3) is 0.375. The van der Waals surface area contributed by atoms with Crippen LogP contribution in [0, 0.1) is 5.82 Å². The molecule has 0 bridgehead atoms. The molecule has 0 aliphatic carbocycles. The molecule has 8 heteroatoms. The van der Waals surface area contributed by atoms with Crippen molar-refractivity contribution < 1.29 is 13.9 Å². The van der Waals surface area contributed by atoms with E-state index in [2.05, 4.69) is 16.4 Å². The topological polar surface area (TPSA) is 36.0 Å². The molecule has 1 heterocycles. The van der Waals surface area contributed by atoms with Crippen molar-refractivity contribution in [2.75, 3.05) is 56.2 Å². The number of amides is 1. The lowest BCUT2D eigenvalue weighted by Crippen LogP contribution is -2.47. The second-order valence-electron chi connectivity index (χ2n) is 7.62. The molecule has 2 aromatic rings. The van der Waals surface area contributed by atoms with Crippen LogP contribution in [0.2, 0.25) is 0 Å². The van der Waals surface area contributed by atoms with Crippen molar-refractivity contribution in [1.82, 2.24) is 4.90 Å². The van der Waals surface area contributed by atoms with Gasteiger partial charge >= 0.3 is 0 Å². The van der Waals surface area contributed by atoms with E-state index in [0.717, 1.165) is 68.1 Å². The summed E-state index contributed by atoms with van der Waals surface area (Å²) in [5.41, 5.74) is 3.80. The Kier molecular flexibility index (Phi) is 11.5. The van der Waals surface area contributed by atoms with E-state index >= 15 is 0 Å². The van der Waals surface area contributed by atoms with Crippen LogP contribution < -0.4 is 14.5 Å². The Hall–Kier alpha value is -2.28. The van der Waals surface area contributed by atoms with E-state index in [1.807, 2.05) is 37.3 Å². The van der Waals surface area contributed by atoms with Crippen molar-refractivity contribution in [3.05, 3.63) is 60.4 Å². The number of hydrogen-bond donors (Lipinski definition) is 0. The molecule has 2 aromatic carbocycles. The van der Waals surface area contributed by atoms with Gasteiger partial charge in [0.2, 0.25) is 6.41 Å². The van der Waals surface area contributed by atoms with Gasteiger partial charge in [-0.15, -0.1) is 24.8 Å². The van der Waals surface area contributed by atoms with Gasteiger partial charge in [0.1, 0.15) is 11.6 Å². The first kappa shape index (κ1) is 27.8. The summed E-state index contributed by atoms with van der Waals surface area (Å²) in [6, 6.07) is 12.5. The monoisotopic (exact) mass is 483 g/mol. The lowest BCUT2D eigenvalue weighted by molar-refractivity contribution is -0.107. The van der Waals surface area contributed by atoms with E-state index in [0.29, 0.717) is 12.3 Å². The molecule has 1 fully saturated rings. The van der Waals surface area contributed by atoms with Crippen LogP contribution in [0.4, 0.5) is 15.8 Å². The van der Waals surface area contributed by atoms with Gasteiger partial charge in [0.25, 0.3) is 0 Å². The van der Waals surface area contributed by atoms with Gasteiger partial charge < -0.3 is 14.5 Å². The number of anilines is 2. The van der Waals surface area contributed by atoms with Gasteiger partial charge in [0, 0.05) is 38.4 Å². The maximum Gasteiger partial charge on any atom is 0.214 e. The number of carbonyl (C=O) groups is 1. The maximum absolute atomic E-state index is 13.1. The van der Waals surface area contributed by atoms with Crippen LogP contribution in [0.25, 0.3) is 5.57 Å². The first-order valence-electron chi connectivity index (χ1n) is 10.3. The number of carbonyl (C=O) groups excluding carboxylic acids is 1. The number of nitrogens with zero attached hydrogens (tertiary/aromatic N) is 3. The first-order valence-corrected chi connectivity index (χ1v) is 10.3. The summed E-state index contributed by atoms with van der Waals surface area (Å²) in [5.74, 6) is 0.471. The molecule has 0 spiro atoms. The molecule has 0 radical (unpaired) electrons. The molecule has 3 rings (SSSR count). The number of halogens is 3. The molecule has 1 aliphatic rings. The van der Waals surface area contributed by atoms with E-state index in [1.165, 1.54) is 12.1 Å². The zero-order chi connectivity index (χ0) is 21.5. The number of hydrogen-bond acceptors (Lipinski definition) is 4. The molecule has 1 amide bonds. The molecule has 1 saturated heterocycles. The van der Waals surface area contributed by atoms with Crippen molar-refractivity contribution in [3.8, 4) is 5.75 Å². The van der Waals surface area contributed by atoms with Crippen LogP contribution in [0.5, 0.6) is 5.75 Å². The van der Waals surface area contributed by atoms with E-state index in [4.69, 9.17) is 4.74 Å². The highest BCUT2D eigenvalue weighted by molar-refractivity contribution is 5.85. The number of benzene rings is 2. The minimum atomic E-state index is -0.206. The summed E-state index contributed by atoms with van der Waals surface area (Å²) in [7, 11) is 1.62. The number of ether oxygens (including phenoxy) is 1. The molecule has 0 unspecified atom stereocenters. The summed E-state index contributed by atoms with van der Waals surface area (Å²) in [6.45, 7) is 11.2. The van der Waals surface area contributed by atoms with Crippen molar-refractivity contribution >= 4 is 48.2 Å². The summed E-state index contributed by atoms with van der Waals surface area (Å²) < 4.78 is 18.6. The van der Waals surface area contributed by atoms with Crippen molar-refractivity contribution in [2.45, 2.75) is 13.3 Å². The summed E-state index contributed by atoms with van der Waals surface area (Å²) in [5, 5.41) is 0. The first-order chi connectivity index (χ1) is 14.5. The number of methoxy groups -OCH3 is 1. The van der Waals surface area contributed by atoms with Gasteiger partial charge in [-0.2, -0.15) is 0 Å². The molecule has 5 nitrogen and oxygen atoms in total. The Morgan fingerprint density at radius 1 is 1.12 bits per heavy atom. The molecule has 0 aromatic heterocycles. The van der Waals surface area contributed by atoms with Crippen LogP contribution in [-0.2, 0) is 4.79 Å². The summed E-state index contributed by atoms with van der Waals surface area (Å²) in [4.78, 5) is 18.1. The van der Waals surface area contributed by atoms with Crippen molar-refractivity contribution in [3.63, 3.8) is 0 Å². The molecule has 0 N–H and O–H groups in total. The Morgan fingerprint density at radius 2 is 1.78 bits per heavy atom. The molecular formula is C24H32Cl2FN3O2. The minimum Gasteiger partial charge on any atom is -0.495 e. The Bertz CT molecular complexity index is 872. The smallest absolute Gasteiger partial charge is 0.214 e. The van der Waals surface area contributed by atoms with Crippen LogP contribution >= 0.6 is 24.8 Å². The molecule has 0 saturated carbocycles. The molecule has 0 atom stereocenters. The predicted octanol–water partition coefficient (Wildman–Crippen LogP) is 4.89. The van der Waals surface area contributed by atoms with E-state index < -0.39 is 0 Å². The fourth-order valence-corrected chi connectivity index (χ4v) is 3.76. The zero-order valence-electron chi connectivity index (χ0n) is 18.6. The second kappa shape index (κ2) is 13.3. The quantitative estimate of drug-likeness (QED) is 0.475. The third kappa shape index (κ3) is 7.12. The highest BCUT2D eigenvalue weighted by atomic mass is 35.5. The van der Waals surface area contributed by atoms with Gasteiger partial charge in [-0.1, -0.05) is 18.2 Å². The Morgan fingerprint density at radius 3 is 2.34 bits per heavy atom. The summed E-state index contributed by atoms with van der Waals surface area (Å²) >= 11 is 0. The highest BCUT2D eigenvalue weighted by Crippen LogP contribution is 2.31. The van der Waals surface area contributed by atoms with E-state index in [-0.39, 0.29) is 30.6 Å². The third-order valence-electron chi connectivity index (χ3n) is 5.55. The second-order valence-corrected chi connectivity index (χ2v) is 7.62. The Balaban J connectivity index is 0.00000256. The molecule has 176 valence electrons. The largest absolute Gasteiger partial charge is 0.495 e. The van der Waals surface area contributed by atoms with Crippen LogP contribution in [0.1, 0.15) is 18.9 Å². The fourth-order valence-electron chi connectivity index (χ4n) is 3.76. The average molecular weight is 484 g/mol. The maximum atomic E-state index is 13.1.